The van der Waals surface area contributed by atoms with Gasteiger partial charge in [0.25, 0.3) is 5.91 Å². The monoisotopic (exact) mass is 412 g/mol. The lowest BCUT2D eigenvalue weighted by Gasteiger charge is -2.09. The number of alkyl halides is 3. The fraction of sp³-hybridized carbons (Fsp3) is 0.111. The summed E-state index contributed by atoms with van der Waals surface area (Å²) in [6.45, 7) is 0. The first kappa shape index (κ1) is 19.3. The van der Waals surface area contributed by atoms with Crippen LogP contribution in [0.3, 0.4) is 0 Å². The Labute approximate surface area is 162 Å². The van der Waals surface area contributed by atoms with Crippen molar-refractivity contribution < 1.29 is 22.7 Å². The van der Waals surface area contributed by atoms with Crippen molar-refractivity contribution in [2.45, 2.75) is 6.18 Å². The second-order valence-electron chi connectivity index (χ2n) is 5.42. The van der Waals surface area contributed by atoms with E-state index < -0.39 is 16.8 Å². The zero-order valence-corrected chi connectivity index (χ0v) is 15.4. The number of methoxy groups -OCH3 is 1. The van der Waals surface area contributed by atoms with E-state index >= 15 is 0 Å². The minimum absolute atomic E-state index is 0.0419. The molecule has 27 heavy (non-hydrogen) atoms. The van der Waals surface area contributed by atoms with Crippen molar-refractivity contribution in [3.05, 3.63) is 63.5 Å². The lowest BCUT2D eigenvalue weighted by molar-refractivity contribution is -0.137. The number of hydrogen-bond acceptors (Lipinski definition) is 4. The van der Waals surface area contributed by atoms with Gasteiger partial charge in [-0.15, -0.1) is 0 Å². The highest BCUT2D eigenvalue weighted by atomic mass is 35.5. The molecule has 1 saturated heterocycles. The zero-order chi connectivity index (χ0) is 19.6. The number of amides is 1. The number of halogens is 4. The van der Waals surface area contributed by atoms with Gasteiger partial charge in [0.15, 0.2) is 5.17 Å². The predicted octanol–water partition coefficient (Wildman–Crippen LogP) is 5.26. The van der Waals surface area contributed by atoms with Crippen LogP contribution in [0, 0.1) is 0 Å². The molecule has 3 rings (SSSR count). The molecule has 1 amide bonds. The van der Waals surface area contributed by atoms with Crippen molar-refractivity contribution in [3.8, 4) is 5.75 Å². The Bertz CT molecular complexity index is 941. The Morgan fingerprint density at radius 1 is 1.19 bits per heavy atom. The Morgan fingerprint density at radius 3 is 2.52 bits per heavy atom. The highest BCUT2D eigenvalue weighted by Crippen LogP contribution is 2.37. The minimum atomic E-state index is -4.58. The number of hydrogen-bond donors (Lipinski definition) is 1. The van der Waals surface area contributed by atoms with Crippen molar-refractivity contribution in [2.75, 3.05) is 7.11 Å². The SMILES string of the molecule is COc1ccc(C=C2SC(=Nc3ccc(Cl)c(C(F)(F)F)c3)NC2=O)cc1. The van der Waals surface area contributed by atoms with Crippen LogP contribution >= 0.6 is 23.4 Å². The average Bonchev–Trinajstić information content (AvgIpc) is 2.95. The van der Waals surface area contributed by atoms with Gasteiger partial charge in [-0.1, -0.05) is 23.7 Å². The summed E-state index contributed by atoms with van der Waals surface area (Å²) in [6, 6.07) is 10.4. The fourth-order valence-electron chi connectivity index (χ4n) is 2.25. The number of thioether (sulfide) groups is 1. The van der Waals surface area contributed by atoms with Crippen LogP contribution in [0.5, 0.6) is 5.75 Å². The van der Waals surface area contributed by atoms with Crippen molar-refractivity contribution in [1.82, 2.24) is 5.32 Å². The average molecular weight is 413 g/mol. The van der Waals surface area contributed by atoms with E-state index in [2.05, 4.69) is 10.3 Å². The molecule has 4 nitrogen and oxygen atoms in total. The molecule has 0 aromatic heterocycles. The van der Waals surface area contributed by atoms with Crippen molar-refractivity contribution in [2.24, 2.45) is 4.99 Å². The zero-order valence-electron chi connectivity index (χ0n) is 13.8. The number of rotatable bonds is 3. The molecule has 9 heteroatoms. The van der Waals surface area contributed by atoms with Gasteiger partial charge in [0.1, 0.15) is 5.75 Å². The summed E-state index contributed by atoms with van der Waals surface area (Å²) in [5.41, 5.74) is -0.157. The van der Waals surface area contributed by atoms with Crippen LogP contribution < -0.4 is 10.1 Å². The van der Waals surface area contributed by atoms with Crippen LogP contribution in [-0.4, -0.2) is 18.2 Å². The lowest BCUT2D eigenvalue weighted by Crippen LogP contribution is -2.19. The molecule has 0 saturated carbocycles. The number of carbonyl (C=O) groups is 1. The molecule has 0 aliphatic carbocycles. The van der Waals surface area contributed by atoms with Gasteiger partial charge in [-0.05, 0) is 53.7 Å². The van der Waals surface area contributed by atoms with Gasteiger partial charge in [0.05, 0.1) is 28.3 Å². The maximum absolute atomic E-state index is 12.9. The van der Waals surface area contributed by atoms with Crippen LogP contribution in [0.4, 0.5) is 18.9 Å². The van der Waals surface area contributed by atoms with Crippen LogP contribution in [0.25, 0.3) is 6.08 Å². The maximum Gasteiger partial charge on any atom is 0.417 e. The molecule has 0 bridgehead atoms. The first-order valence-electron chi connectivity index (χ1n) is 7.56. The van der Waals surface area contributed by atoms with Crippen molar-refractivity contribution in [3.63, 3.8) is 0 Å². The topological polar surface area (TPSA) is 50.7 Å². The number of carbonyl (C=O) groups excluding carboxylic acids is 1. The van der Waals surface area contributed by atoms with Gasteiger partial charge in [0, 0.05) is 0 Å². The van der Waals surface area contributed by atoms with Gasteiger partial charge in [-0.25, -0.2) is 4.99 Å². The number of nitrogens with zero attached hydrogens (tertiary/aromatic N) is 1. The van der Waals surface area contributed by atoms with Crippen LogP contribution in [0.15, 0.2) is 52.4 Å². The molecule has 1 N–H and O–H groups in total. The Balaban J connectivity index is 1.83. The molecule has 1 fully saturated rings. The van der Waals surface area contributed by atoms with E-state index in [0.29, 0.717) is 10.7 Å². The van der Waals surface area contributed by atoms with Crippen LogP contribution in [0.2, 0.25) is 5.02 Å². The van der Waals surface area contributed by atoms with Gasteiger partial charge < -0.3 is 10.1 Å². The molecule has 1 aliphatic heterocycles. The summed E-state index contributed by atoms with van der Waals surface area (Å²) in [6.07, 6.45) is -2.93. The molecule has 2 aromatic rings. The number of benzene rings is 2. The highest BCUT2D eigenvalue weighted by molar-refractivity contribution is 8.18. The standard InChI is InChI=1S/C18H12ClF3N2O2S/c1-26-12-5-2-10(3-6-12)8-15-16(25)24-17(27-15)23-11-4-7-14(19)13(9-11)18(20,21)22/h2-9H,1H3,(H,23,24,25). The first-order valence-corrected chi connectivity index (χ1v) is 8.76. The molecular formula is C18H12ClF3N2O2S. The third kappa shape index (κ3) is 4.64. The van der Waals surface area contributed by atoms with Gasteiger partial charge in [0.2, 0.25) is 0 Å². The summed E-state index contributed by atoms with van der Waals surface area (Å²) < 4.78 is 43.9. The Hall–Kier alpha value is -2.45. The van der Waals surface area contributed by atoms with Gasteiger partial charge in [-0.2, -0.15) is 13.2 Å². The van der Waals surface area contributed by atoms with E-state index in [4.69, 9.17) is 16.3 Å². The van der Waals surface area contributed by atoms with E-state index in [9.17, 15) is 18.0 Å². The second-order valence-corrected chi connectivity index (χ2v) is 6.85. The summed E-state index contributed by atoms with van der Waals surface area (Å²) in [5, 5.41) is 2.32. The first-order chi connectivity index (χ1) is 12.8. The Kier molecular flexibility index (Phi) is 5.48. The smallest absolute Gasteiger partial charge is 0.417 e. The van der Waals surface area contributed by atoms with E-state index in [-0.39, 0.29) is 16.8 Å². The molecule has 0 radical (unpaired) electrons. The summed E-state index contributed by atoms with van der Waals surface area (Å²) in [5.74, 6) is 0.311. The molecular weight excluding hydrogens is 401 g/mol. The summed E-state index contributed by atoms with van der Waals surface area (Å²) in [4.78, 5) is 16.5. The number of nitrogens with one attached hydrogen (secondary N) is 1. The summed E-state index contributed by atoms with van der Waals surface area (Å²) >= 11 is 6.64. The number of aliphatic imine (C=N–C) groups is 1. The van der Waals surface area contributed by atoms with Crippen molar-refractivity contribution in [1.29, 1.82) is 0 Å². The second kappa shape index (κ2) is 7.66. The lowest BCUT2D eigenvalue weighted by atomic mass is 10.2. The van der Waals surface area contributed by atoms with E-state index in [0.717, 1.165) is 29.5 Å². The van der Waals surface area contributed by atoms with Gasteiger partial charge >= 0.3 is 6.18 Å². The quantitative estimate of drug-likeness (QED) is 0.700. The van der Waals surface area contributed by atoms with Gasteiger partial charge in [-0.3, -0.25) is 4.79 Å². The fourth-order valence-corrected chi connectivity index (χ4v) is 3.32. The molecule has 0 spiro atoms. The predicted molar refractivity (Wildman–Crippen MR) is 100 cm³/mol. The molecule has 1 aliphatic rings. The van der Waals surface area contributed by atoms with Crippen molar-refractivity contribution >= 4 is 46.2 Å². The highest BCUT2D eigenvalue weighted by Gasteiger charge is 2.33. The maximum atomic E-state index is 12.9. The molecule has 0 unspecified atom stereocenters. The molecule has 1 heterocycles. The van der Waals surface area contributed by atoms with E-state index in [1.807, 2.05) is 0 Å². The number of ether oxygens (including phenoxy) is 1. The minimum Gasteiger partial charge on any atom is -0.497 e. The van der Waals surface area contributed by atoms with E-state index in [1.54, 1.807) is 37.5 Å². The third-order valence-electron chi connectivity index (χ3n) is 3.55. The van der Waals surface area contributed by atoms with Crippen LogP contribution in [0.1, 0.15) is 11.1 Å². The van der Waals surface area contributed by atoms with Crippen LogP contribution in [-0.2, 0) is 11.0 Å². The number of amidine groups is 1. The third-order valence-corrected chi connectivity index (χ3v) is 4.79. The molecule has 0 atom stereocenters. The summed E-state index contributed by atoms with van der Waals surface area (Å²) in [7, 11) is 1.55. The van der Waals surface area contributed by atoms with E-state index in [1.165, 1.54) is 6.07 Å². The largest absolute Gasteiger partial charge is 0.497 e. The Morgan fingerprint density at radius 2 is 1.89 bits per heavy atom. The molecule has 140 valence electrons. The molecule has 2 aromatic carbocycles. The normalized spacial score (nSPS) is 17.4.